The van der Waals surface area contributed by atoms with Crippen molar-refractivity contribution < 1.29 is 23.7 Å². The average molecular weight is 502 g/mol. The standard InChI is InChI=1S/C29H31N3O5/c1-4-36-29(33)23-18-30-32-25(20-12-15-26(34-2)27(16-20)35-3)17-24(31-28(23)32)19-10-13-22(14-11-19)37-21-8-6-5-7-9-21/h5-16,18,23-25,28,31H,4,17H2,1-3H3. The van der Waals surface area contributed by atoms with E-state index in [2.05, 4.69) is 22.6 Å². The Balaban J connectivity index is 1.43. The molecule has 4 unspecified atom stereocenters. The zero-order valence-electron chi connectivity index (χ0n) is 21.2. The van der Waals surface area contributed by atoms with Crippen molar-refractivity contribution in [3.63, 3.8) is 0 Å². The Morgan fingerprint density at radius 2 is 1.65 bits per heavy atom. The van der Waals surface area contributed by atoms with Gasteiger partial charge in [-0.15, -0.1) is 0 Å². The Hall–Kier alpha value is -4.04. The fourth-order valence-corrected chi connectivity index (χ4v) is 4.93. The highest BCUT2D eigenvalue weighted by atomic mass is 16.5. The van der Waals surface area contributed by atoms with Crippen LogP contribution in [0.3, 0.4) is 0 Å². The molecular weight excluding hydrogens is 470 g/mol. The first-order valence-electron chi connectivity index (χ1n) is 12.4. The van der Waals surface area contributed by atoms with Crippen LogP contribution in [0, 0.1) is 5.92 Å². The molecule has 8 nitrogen and oxygen atoms in total. The Morgan fingerprint density at radius 3 is 2.35 bits per heavy atom. The number of fused-ring (bicyclic) bond motifs is 1. The Morgan fingerprint density at radius 1 is 0.946 bits per heavy atom. The minimum absolute atomic E-state index is 0.0243. The fourth-order valence-electron chi connectivity index (χ4n) is 4.93. The van der Waals surface area contributed by atoms with Crippen LogP contribution in [-0.4, -0.2) is 44.2 Å². The van der Waals surface area contributed by atoms with Gasteiger partial charge in [0.1, 0.15) is 23.6 Å². The van der Waals surface area contributed by atoms with Gasteiger partial charge in [0, 0.05) is 12.3 Å². The molecule has 8 heteroatoms. The third-order valence-electron chi connectivity index (χ3n) is 6.75. The summed E-state index contributed by atoms with van der Waals surface area (Å²) < 4.78 is 22.3. The molecule has 2 aliphatic heterocycles. The molecule has 0 bridgehead atoms. The maximum atomic E-state index is 12.8. The van der Waals surface area contributed by atoms with Crippen LogP contribution >= 0.6 is 0 Å². The molecule has 4 atom stereocenters. The molecule has 1 saturated heterocycles. The van der Waals surface area contributed by atoms with E-state index in [1.165, 1.54) is 0 Å². The minimum Gasteiger partial charge on any atom is -0.493 e. The number of rotatable bonds is 8. The lowest BCUT2D eigenvalue weighted by Gasteiger charge is -2.43. The molecule has 192 valence electrons. The van der Waals surface area contributed by atoms with Gasteiger partial charge in [-0.1, -0.05) is 36.4 Å². The summed E-state index contributed by atoms with van der Waals surface area (Å²) in [6, 6.07) is 23.5. The van der Waals surface area contributed by atoms with Crippen LogP contribution < -0.4 is 19.5 Å². The van der Waals surface area contributed by atoms with Crippen molar-refractivity contribution >= 4 is 12.2 Å². The van der Waals surface area contributed by atoms with E-state index in [1.807, 2.05) is 72.6 Å². The lowest BCUT2D eigenvalue weighted by atomic mass is 9.89. The van der Waals surface area contributed by atoms with Gasteiger partial charge in [-0.25, -0.2) is 0 Å². The quantitative estimate of drug-likeness (QED) is 0.431. The van der Waals surface area contributed by atoms with Gasteiger partial charge in [0.15, 0.2) is 11.5 Å². The van der Waals surface area contributed by atoms with E-state index in [4.69, 9.17) is 18.9 Å². The maximum Gasteiger partial charge on any atom is 0.318 e. The molecule has 0 aromatic heterocycles. The van der Waals surface area contributed by atoms with Crippen LogP contribution in [0.25, 0.3) is 0 Å². The summed E-state index contributed by atoms with van der Waals surface area (Å²) in [5.41, 5.74) is 2.12. The number of hydrogen-bond donors (Lipinski definition) is 1. The van der Waals surface area contributed by atoms with Crippen molar-refractivity contribution in [1.29, 1.82) is 0 Å². The van der Waals surface area contributed by atoms with Gasteiger partial charge >= 0.3 is 5.97 Å². The number of carbonyl (C=O) groups is 1. The van der Waals surface area contributed by atoms with Gasteiger partial charge in [0.2, 0.25) is 0 Å². The normalized spacial score (nSPS) is 22.3. The lowest BCUT2D eigenvalue weighted by Crippen LogP contribution is -2.54. The third kappa shape index (κ3) is 5.11. The molecule has 5 rings (SSSR count). The van der Waals surface area contributed by atoms with E-state index in [0.717, 1.165) is 29.0 Å². The van der Waals surface area contributed by atoms with E-state index in [9.17, 15) is 4.79 Å². The van der Waals surface area contributed by atoms with Crippen LogP contribution in [-0.2, 0) is 9.53 Å². The highest BCUT2D eigenvalue weighted by molar-refractivity contribution is 5.91. The van der Waals surface area contributed by atoms with E-state index in [1.54, 1.807) is 20.4 Å². The number of hydrogen-bond acceptors (Lipinski definition) is 8. The molecule has 0 aliphatic carbocycles. The lowest BCUT2D eigenvalue weighted by molar-refractivity contribution is -0.148. The average Bonchev–Trinajstić information content (AvgIpc) is 3.37. The Labute approximate surface area is 216 Å². The number of nitrogens with one attached hydrogen (secondary N) is 1. The van der Waals surface area contributed by atoms with Crippen molar-refractivity contribution in [2.45, 2.75) is 31.6 Å². The molecule has 1 fully saturated rings. The Bertz CT molecular complexity index is 1250. The number of hydrazone groups is 1. The number of methoxy groups -OCH3 is 2. The molecule has 0 saturated carbocycles. The Kier molecular flexibility index (Phi) is 7.28. The maximum absolute atomic E-state index is 12.8. The monoisotopic (exact) mass is 501 g/mol. The van der Waals surface area contributed by atoms with Gasteiger partial charge in [0.25, 0.3) is 0 Å². The van der Waals surface area contributed by atoms with Crippen molar-refractivity contribution in [3.05, 3.63) is 83.9 Å². The molecule has 3 aromatic carbocycles. The van der Waals surface area contributed by atoms with Gasteiger partial charge in [-0.05, 0) is 60.9 Å². The number of benzene rings is 3. The molecule has 3 aromatic rings. The molecule has 2 heterocycles. The predicted octanol–water partition coefficient (Wildman–Crippen LogP) is 5.08. The first kappa shape index (κ1) is 24.6. The number of carbonyl (C=O) groups excluding carboxylic acids is 1. The molecule has 0 amide bonds. The van der Waals surface area contributed by atoms with Crippen LogP contribution in [0.5, 0.6) is 23.0 Å². The number of nitrogens with zero attached hydrogens (tertiary/aromatic N) is 2. The SMILES string of the molecule is CCOC(=O)C1C=NN2C(c3ccc(OC)c(OC)c3)CC(c3ccc(Oc4ccccc4)cc3)NC12. The van der Waals surface area contributed by atoms with Gasteiger partial charge in [-0.3, -0.25) is 15.1 Å². The van der Waals surface area contributed by atoms with Crippen molar-refractivity contribution in [1.82, 2.24) is 10.3 Å². The summed E-state index contributed by atoms with van der Waals surface area (Å²) in [6.07, 6.45) is 2.08. The van der Waals surface area contributed by atoms with E-state index in [-0.39, 0.29) is 24.2 Å². The molecule has 2 aliphatic rings. The van der Waals surface area contributed by atoms with Gasteiger partial charge in [0.05, 0.1) is 26.9 Å². The summed E-state index contributed by atoms with van der Waals surface area (Å²) in [6.45, 7) is 2.13. The second kappa shape index (κ2) is 10.9. The second-order valence-electron chi connectivity index (χ2n) is 8.94. The third-order valence-corrected chi connectivity index (χ3v) is 6.75. The van der Waals surface area contributed by atoms with Crippen LogP contribution in [0.2, 0.25) is 0 Å². The predicted molar refractivity (Wildman–Crippen MR) is 140 cm³/mol. The summed E-state index contributed by atoms with van der Waals surface area (Å²) in [7, 11) is 3.24. The topological polar surface area (TPSA) is 81.6 Å². The largest absolute Gasteiger partial charge is 0.493 e. The number of esters is 1. The van der Waals surface area contributed by atoms with Crippen molar-refractivity contribution in [2.24, 2.45) is 11.0 Å². The smallest absolute Gasteiger partial charge is 0.318 e. The summed E-state index contributed by atoms with van der Waals surface area (Å²) in [5, 5.41) is 10.2. The molecule has 1 N–H and O–H groups in total. The van der Waals surface area contributed by atoms with Crippen molar-refractivity contribution in [3.8, 4) is 23.0 Å². The zero-order valence-corrected chi connectivity index (χ0v) is 21.2. The van der Waals surface area contributed by atoms with Crippen LogP contribution in [0.15, 0.2) is 77.9 Å². The highest BCUT2D eigenvalue weighted by Crippen LogP contribution is 2.43. The molecular formula is C29H31N3O5. The molecule has 0 spiro atoms. The van der Waals surface area contributed by atoms with E-state index in [0.29, 0.717) is 18.1 Å². The van der Waals surface area contributed by atoms with Crippen LogP contribution in [0.4, 0.5) is 0 Å². The van der Waals surface area contributed by atoms with E-state index >= 15 is 0 Å². The molecule has 0 radical (unpaired) electrons. The first-order valence-corrected chi connectivity index (χ1v) is 12.4. The fraction of sp³-hybridized carbons (Fsp3) is 0.310. The number of ether oxygens (including phenoxy) is 4. The van der Waals surface area contributed by atoms with Gasteiger partial charge in [-0.2, -0.15) is 5.10 Å². The van der Waals surface area contributed by atoms with Crippen LogP contribution in [0.1, 0.15) is 36.6 Å². The minimum atomic E-state index is -0.508. The number of para-hydroxylation sites is 1. The summed E-state index contributed by atoms with van der Waals surface area (Å²) in [4.78, 5) is 12.8. The van der Waals surface area contributed by atoms with Gasteiger partial charge < -0.3 is 18.9 Å². The zero-order chi connectivity index (χ0) is 25.8. The first-order chi connectivity index (χ1) is 18.1. The van der Waals surface area contributed by atoms with E-state index < -0.39 is 5.92 Å². The molecule has 37 heavy (non-hydrogen) atoms. The summed E-state index contributed by atoms with van der Waals surface area (Å²) in [5.74, 6) is 2.07. The summed E-state index contributed by atoms with van der Waals surface area (Å²) >= 11 is 0. The highest BCUT2D eigenvalue weighted by Gasteiger charge is 2.45. The second-order valence-corrected chi connectivity index (χ2v) is 8.94. The van der Waals surface area contributed by atoms with Crippen molar-refractivity contribution in [2.75, 3.05) is 20.8 Å².